The Morgan fingerprint density at radius 2 is 1.88 bits per heavy atom. The molecule has 0 aliphatic carbocycles. The normalized spacial score (nSPS) is 13.0. The van der Waals surface area contributed by atoms with E-state index in [9.17, 15) is 14.7 Å². The number of carbonyl (C=O) groups is 1. The summed E-state index contributed by atoms with van der Waals surface area (Å²) >= 11 is 2.91. The third-order valence-corrected chi connectivity index (χ3v) is 7.63. The molecule has 2 aromatic heterocycles. The van der Waals surface area contributed by atoms with Crippen molar-refractivity contribution in [2.75, 3.05) is 0 Å². The van der Waals surface area contributed by atoms with E-state index in [0.29, 0.717) is 21.8 Å². The lowest BCUT2D eigenvalue weighted by Crippen LogP contribution is -2.38. The Labute approximate surface area is 206 Å². The van der Waals surface area contributed by atoms with Crippen LogP contribution < -0.4 is 10.9 Å². The molecule has 1 amide bonds. The molecule has 2 heterocycles. The van der Waals surface area contributed by atoms with Gasteiger partial charge in [0.15, 0.2) is 0 Å². The number of rotatable bonds is 9. The van der Waals surface area contributed by atoms with Gasteiger partial charge in [0.1, 0.15) is 16.4 Å². The zero-order chi connectivity index (χ0) is 24.1. The molecule has 8 heteroatoms. The van der Waals surface area contributed by atoms with Crippen molar-refractivity contribution in [2.24, 2.45) is 0 Å². The van der Waals surface area contributed by atoms with Crippen molar-refractivity contribution < 1.29 is 9.90 Å². The number of nitrogens with zero attached hydrogens (tertiary/aromatic N) is 1. The summed E-state index contributed by atoms with van der Waals surface area (Å²) < 4.78 is 0. The second-order valence-corrected chi connectivity index (χ2v) is 10.5. The van der Waals surface area contributed by atoms with Gasteiger partial charge in [-0.3, -0.25) is 9.59 Å². The number of fused-ring (bicyclic) bond motifs is 1. The molecule has 0 bridgehead atoms. The van der Waals surface area contributed by atoms with Gasteiger partial charge >= 0.3 is 0 Å². The van der Waals surface area contributed by atoms with Crippen molar-refractivity contribution in [3.63, 3.8) is 0 Å². The number of aromatic nitrogens is 2. The van der Waals surface area contributed by atoms with Gasteiger partial charge in [0.25, 0.3) is 5.56 Å². The smallest absolute Gasteiger partial charge is 0.260 e. The summed E-state index contributed by atoms with van der Waals surface area (Å²) in [4.78, 5) is 33.6. The number of carbonyl (C=O) groups excluding carboxylic acids is 1. The van der Waals surface area contributed by atoms with Crippen LogP contribution in [-0.4, -0.2) is 32.3 Å². The van der Waals surface area contributed by atoms with E-state index in [2.05, 4.69) is 15.3 Å². The molecule has 0 spiro atoms. The van der Waals surface area contributed by atoms with Gasteiger partial charge in [0, 0.05) is 17.0 Å². The monoisotopic (exact) mass is 493 g/mol. The van der Waals surface area contributed by atoms with Gasteiger partial charge in [0.2, 0.25) is 5.91 Å². The fraction of sp³-hybridized carbons (Fsp3) is 0.269. The molecule has 34 heavy (non-hydrogen) atoms. The van der Waals surface area contributed by atoms with Crippen molar-refractivity contribution >= 4 is 39.2 Å². The SMILES string of the molecule is CC(CCc1ccc(O)cc1)NC(=O)C(C)SCc1nc2scc(-c3ccccc3)c2c(=O)[nH]1. The summed E-state index contributed by atoms with van der Waals surface area (Å²) in [5.74, 6) is 1.24. The van der Waals surface area contributed by atoms with Crippen molar-refractivity contribution in [2.45, 2.75) is 43.7 Å². The number of amides is 1. The summed E-state index contributed by atoms with van der Waals surface area (Å²) in [6, 6.07) is 17.0. The number of thioether (sulfide) groups is 1. The Kier molecular flexibility index (Phi) is 7.70. The van der Waals surface area contributed by atoms with Gasteiger partial charge in [0.05, 0.1) is 16.4 Å². The van der Waals surface area contributed by atoms with E-state index >= 15 is 0 Å². The number of thiophene rings is 1. The van der Waals surface area contributed by atoms with Gasteiger partial charge in [-0.1, -0.05) is 42.5 Å². The molecule has 3 N–H and O–H groups in total. The van der Waals surface area contributed by atoms with Crippen molar-refractivity contribution in [1.29, 1.82) is 0 Å². The van der Waals surface area contributed by atoms with Gasteiger partial charge in [-0.15, -0.1) is 23.1 Å². The molecule has 4 rings (SSSR count). The number of aryl methyl sites for hydroxylation is 1. The molecule has 6 nitrogen and oxygen atoms in total. The zero-order valence-corrected chi connectivity index (χ0v) is 20.7. The maximum absolute atomic E-state index is 12.8. The number of aromatic hydroxyl groups is 1. The highest BCUT2D eigenvalue weighted by molar-refractivity contribution is 7.99. The van der Waals surface area contributed by atoms with Crippen LogP contribution >= 0.6 is 23.1 Å². The highest BCUT2D eigenvalue weighted by atomic mass is 32.2. The van der Waals surface area contributed by atoms with Gasteiger partial charge in [-0.05, 0) is 49.9 Å². The molecule has 2 aromatic carbocycles. The first-order valence-corrected chi connectivity index (χ1v) is 13.1. The van der Waals surface area contributed by atoms with Crippen molar-refractivity contribution in [3.05, 3.63) is 81.7 Å². The maximum atomic E-state index is 12.8. The van der Waals surface area contributed by atoms with Crippen LogP contribution in [0.4, 0.5) is 0 Å². The molecule has 0 radical (unpaired) electrons. The summed E-state index contributed by atoms with van der Waals surface area (Å²) in [6.07, 6.45) is 1.63. The quantitative estimate of drug-likeness (QED) is 0.301. The summed E-state index contributed by atoms with van der Waals surface area (Å²) in [6.45, 7) is 3.85. The minimum Gasteiger partial charge on any atom is -0.508 e. The van der Waals surface area contributed by atoms with Crippen LogP contribution in [0, 0.1) is 0 Å². The van der Waals surface area contributed by atoms with Crippen LogP contribution in [0.3, 0.4) is 0 Å². The van der Waals surface area contributed by atoms with E-state index in [1.807, 2.05) is 61.7 Å². The number of phenolic OH excluding ortho intramolecular Hbond substituents is 1. The standard InChI is InChI=1S/C26H27N3O3S2/c1-16(8-9-18-10-12-20(30)13-11-18)27-24(31)17(2)33-15-22-28-25(32)23-21(14-34-26(23)29-22)19-6-4-3-5-7-19/h3-7,10-14,16-17,30H,8-9,15H2,1-2H3,(H,27,31)(H,28,29,32). The Morgan fingerprint density at radius 1 is 1.15 bits per heavy atom. The molecular formula is C26H27N3O3S2. The molecule has 176 valence electrons. The second kappa shape index (κ2) is 10.9. The lowest BCUT2D eigenvalue weighted by Gasteiger charge is -2.17. The highest BCUT2D eigenvalue weighted by Gasteiger charge is 2.18. The van der Waals surface area contributed by atoms with E-state index < -0.39 is 0 Å². The number of aromatic amines is 1. The largest absolute Gasteiger partial charge is 0.508 e. The molecule has 0 aliphatic rings. The third-order valence-electron chi connectivity index (χ3n) is 5.61. The lowest BCUT2D eigenvalue weighted by atomic mass is 10.1. The highest BCUT2D eigenvalue weighted by Crippen LogP contribution is 2.30. The molecule has 0 saturated heterocycles. The topological polar surface area (TPSA) is 95.1 Å². The average Bonchev–Trinajstić information content (AvgIpc) is 3.27. The number of hydrogen-bond donors (Lipinski definition) is 3. The van der Waals surface area contributed by atoms with E-state index in [1.54, 1.807) is 12.1 Å². The Balaban J connectivity index is 1.32. The van der Waals surface area contributed by atoms with Gasteiger partial charge in [-0.2, -0.15) is 0 Å². The molecule has 0 saturated carbocycles. The summed E-state index contributed by atoms with van der Waals surface area (Å²) in [5.41, 5.74) is 2.85. The number of nitrogens with one attached hydrogen (secondary N) is 2. The second-order valence-electron chi connectivity index (χ2n) is 8.28. The molecular weight excluding hydrogens is 466 g/mol. The van der Waals surface area contributed by atoms with Crippen LogP contribution in [0.15, 0.2) is 64.8 Å². The average molecular weight is 494 g/mol. The number of benzene rings is 2. The Morgan fingerprint density at radius 3 is 2.62 bits per heavy atom. The predicted octanol–water partition coefficient (Wildman–Crippen LogP) is 5.12. The summed E-state index contributed by atoms with van der Waals surface area (Å²) in [7, 11) is 0. The van der Waals surface area contributed by atoms with E-state index in [1.165, 1.54) is 23.1 Å². The first kappa shape index (κ1) is 24.0. The van der Waals surface area contributed by atoms with Gasteiger partial charge < -0.3 is 15.4 Å². The first-order chi connectivity index (χ1) is 16.4. The zero-order valence-electron chi connectivity index (χ0n) is 19.1. The van der Waals surface area contributed by atoms with Crippen molar-refractivity contribution in [3.8, 4) is 16.9 Å². The predicted molar refractivity (Wildman–Crippen MR) is 140 cm³/mol. The van der Waals surface area contributed by atoms with Crippen LogP contribution in [-0.2, 0) is 17.0 Å². The minimum atomic E-state index is -0.277. The number of H-pyrrole nitrogens is 1. The van der Waals surface area contributed by atoms with Crippen LogP contribution in [0.5, 0.6) is 5.75 Å². The van der Waals surface area contributed by atoms with Gasteiger partial charge in [-0.25, -0.2) is 4.98 Å². The first-order valence-electron chi connectivity index (χ1n) is 11.2. The summed E-state index contributed by atoms with van der Waals surface area (Å²) in [5, 5.41) is 14.7. The third kappa shape index (κ3) is 5.87. The van der Waals surface area contributed by atoms with Crippen LogP contribution in [0.25, 0.3) is 21.3 Å². The van der Waals surface area contributed by atoms with Crippen LogP contribution in [0.2, 0.25) is 0 Å². The fourth-order valence-electron chi connectivity index (χ4n) is 3.65. The number of hydrogen-bond acceptors (Lipinski definition) is 6. The molecule has 0 aliphatic heterocycles. The molecule has 0 fully saturated rings. The number of phenols is 1. The van der Waals surface area contributed by atoms with E-state index in [-0.39, 0.29) is 28.5 Å². The van der Waals surface area contributed by atoms with E-state index in [4.69, 9.17) is 0 Å². The maximum Gasteiger partial charge on any atom is 0.260 e. The minimum absolute atomic E-state index is 0.0289. The molecule has 4 aromatic rings. The molecule has 2 unspecified atom stereocenters. The molecule has 2 atom stereocenters. The Hall–Kier alpha value is -3.10. The fourth-order valence-corrected chi connectivity index (χ4v) is 5.38. The van der Waals surface area contributed by atoms with Crippen LogP contribution in [0.1, 0.15) is 31.7 Å². The Bertz CT molecular complexity index is 1320. The van der Waals surface area contributed by atoms with E-state index in [0.717, 1.165) is 29.5 Å². The van der Waals surface area contributed by atoms with Crippen molar-refractivity contribution in [1.82, 2.24) is 15.3 Å². The lowest BCUT2D eigenvalue weighted by molar-refractivity contribution is -0.120.